The van der Waals surface area contributed by atoms with E-state index in [0.29, 0.717) is 6.54 Å². The highest BCUT2D eigenvalue weighted by atomic mass is 16.5. The van der Waals surface area contributed by atoms with E-state index >= 15 is 0 Å². The number of benzene rings is 1. The fourth-order valence-corrected chi connectivity index (χ4v) is 4.17. The summed E-state index contributed by atoms with van der Waals surface area (Å²) in [5.74, 6) is 0.926. The van der Waals surface area contributed by atoms with E-state index in [-0.39, 0.29) is 5.60 Å². The molecular weight excluding hydrogens is 364 g/mol. The third-order valence-electron chi connectivity index (χ3n) is 6.13. The summed E-state index contributed by atoms with van der Waals surface area (Å²) in [6.45, 7) is 8.31. The Hall–Kier alpha value is -1.79. The molecule has 0 radical (unpaired) electrons. The topological polar surface area (TPSA) is 49.3 Å². The molecule has 1 aromatic rings. The minimum Gasteiger partial charge on any atom is -0.381 e. The van der Waals surface area contributed by atoms with E-state index in [2.05, 4.69) is 53.4 Å². The lowest BCUT2D eigenvalue weighted by atomic mass is 9.94. The van der Waals surface area contributed by atoms with Gasteiger partial charge in [0.15, 0.2) is 5.96 Å². The van der Waals surface area contributed by atoms with Crippen molar-refractivity contribution in [3.05, 3.63) is 29.8 Å². The molecule has 2 heterocycles. The van der Waals surface area contributed by atoms with Crippen LogP contribution in [0.25, 0.3) is 0 Å². The van der Waals surface area contributed by atoms with Gasteiger partial charge in [0.25, 0.3) is 0 Å². The van der Waals surface area contributed by atoms with Crippen molar-refractivity contribution in [3.8, 4) is 0 Å². The van der Waals surface area contributed by atoms with Crippen LogP contribution in [0.1, 0.15) is 44.6 Å². The molecule has 0 atom stereocenters. The Morgan fingerprint density at radius 3 is 2.48 bits per heavy atom. The zero-order valence-corrected chi connectivity index (χ0v) is 18.5. The maximum absolute atomic E-state index is 5.84. The monoisotopic (exact) mass is 402 g/mol. The Morgan fingerprint density at radius 1 is 1.17 bits per heavy atom. The highest BCUT2D eigenvalue weighted by Gasteiger charge is 2.32. The molecule has 1 N–H and O–H groups in total. The zero-order chi connectivity index (χ0) is 20.5. The fraction of sp³-hybridized carbons (Fsp3) is 0.696. The molecule has 0 spiro atoms. The van der Waals surface area contributed by atoms with Gasteiger partial charge >= 0.3 is 0 Å². The third-order valence-corrected chi connectivity index (χ3v) is 6.13. The molecule has 2 saturated heterocycles. The van der Waals surface area contributed by atoms with Crippen molar-refractivity contribution in [2.24, 2.45) is 4.99 Å². The maximum Gasteiger partial charge on any atom is 0.194 e. The smallest absolute Gasteiger partial charge is 0.194 e. The van der Waals surface area contributed by atoms with E-state index in [1.54, 1.807) is 7.11 Å². The molecule has 2 aliphatic rings. The lowest BCUT2D eigenvalue weighted by Gasteiger charge is -2.35. The minimum absolute atomic E-state index is 0.199. The van der Waals surface area contributed by atoms with E-state index in [1.807, 2.05) is 0 Å². The Balaban J connectivity index is 1.61. The molecule has 0 aliphatic carbocycles. The Bertz CT molecular complexity index is 635. The molecule has 1 aromatic carbocycles. The van der Waals surface area contributed by atoms with Gasteiger partial charge in [0.1, 0.15) is 0 Å². The van der Waals surface area contributed by atoms with Crippen LogP contribution in [0.3, 0.4) is 0 Å². The first-order valence-corrected chi connectivity index (χ1v) is 11.1. The van der Waals surface area contributed by atoms with Crippen molar-refractivity contribution in [1.29, 1.82) is 0 Å². The molecule has 0 amide bonds. The van der Waals surface area contributed by atoms with Gasteiger partial charge in [-0.3, -0.25) is 4.99 Å². The van der Waals surface area contributed by atoms with Crippen LogP contribution in [0.5, 0.6) is 0 Å². The van der Waals surface area contributed by atoms with E-state index in [1.165, 1.54) is 43.6 Å². The van der Waals surface area contributed by atoms with E-state index in [9.17, 15) is 0 Å². The highest BCUT2D eigenvalue weighted by Crippen LogP contribution is 2.25. The number of hydrogen-bond donors (Lipinski definition) is 1. The van der Waals surface area contributed by atoms with Gasteiger partial charge in [0, 0.05) is 72.1 Å². The molecule has 0 aromatic heterocycles. The molecule has 0 unspecified atom stereocenters. The SMILES string of the molecule is CCNC(=NCC1(OC)CCOCC1)N(C)Cc1ccc(N2CCCCC2)cc1. The van der Waals surface area contributed by atoms with Gasteiger partial charge in [-0.25, -0.2) is 0 Å². The molecule has 2 aliphatic heterocycles. The predicted octanol–water partition coefficient (Wildman–Crippen LogP) is 3.27. The first-order valence-electron chi connectivity index (χ1n) is 11.1. The maximum atomic E-state index is 5.84. The summed E-state index contributed by atoms with van der Waals surface area (Å²) in [6.07, 6.45) is 5.77. The number of anilines is 1. The van der Waals surface area contributed by atoms with E-state index < -0.39 is 0 Å². The third kappa shape index (κ3) is 6.09. The van der Waals surface area contributed by atoms with E-state index in [0.717, 1.165) is 45.1 Å². The second-order valence-corrected chi connectivity index (χ2v) is 8.24. The fourth-order valence-electron chi connectivity index (χ4n) is 4.17. The van der Waals surface area contributed by atoms with Gasteiger partial charge in [0.2, 0.25) is 0 Å². The molecule has 6 heteroatoms. The van der Waals surface area contributed by atoms with Crippen LogP contribution >= 0.6 is 0 Å². The number of nitrogens with one attached hydrogen (secondary N) is 1. The predicted molar refractivity (Wildman–Crippen MR) is 120 cm³/mol. The first-order chi connectivity index (χ1) is 14.2. The summed E-state index contributed by atoms with van der Waals surface area (Å²) in [4.78, 5) is 9.61. The van der Waals surface area contributed by atoms with Gasteiger partial charge in [-0.15, -0.1) is 0 Å². The standard InChI is InChI=1S/C23H38N4O2/c1-4-24-22(25-19-23(28-3)12-16-29-17-13-23)26(2)18-20-8-10-21(11-9-20)27-14-6-5-7-15-27/h8-11H,4-7,12-19H2,1-3H3,(H,24,25). The Morgan fingerprint density at radius 2 is 1.86 bits per heavy atom. The van der Waals surface area contributed by atoms with Crippen molar-refractivity contribution in [2.75, 3.05) is 58.5 Å². The Kier molecular flexibility index (Phi) is 8.19. The number of nitrogens with zero attached hydrogens (tertiary/aromatic N) is 3. The van der Waals surface area contributed by atoms with Crippen LogP contribution < -0.4 is 10.2 Å². The largest absolute Gasteiger partial charge is 0.381 e. The van der Waals surface area contributed by atoms with Crippen LogP contribution in [0.2, 0.25) is 0 Å². The lowest BCUT2D eigenvalue weighted by molar-refractivity contribution is -0.0829. The molecule has 0 saturated carbocycles. The zero-order valence-electron chi connectivity index (χ0n) is 18.5. The molecular formula is C23H38N4O2. The second-order valence-electron chi connectivity index (χ2n) is 8.24. The van der Waals surface area contributed by atoms with Crippen molar-refractivity contribution in [1.82, 2.24) is 10.2 Å². The van der Waals surface area contributed by atoms with Crippen LogP contribution in [-0.2, 0) is 16.0 Å². The summed E-state index contributed by atoms with van der Waals surface area (Å²) in [5, 5.41) is 3.43. The number of guanidine groups is 1. The number of hydrogen-bond acceptors (Lipinski definition) is 4. The van der Waals surface area contributed by atoms with Gasteiger partial charge < -0.3 is 24.6 Å². The van der Waals surface area contributed by atoms with Gasteiger partial charge in [-0.2, -0.15) is 0 Å². The van der Waals surface area contributed by atoms with Crippen molar-refractivity contribution in [2.45, 2.75) is 51.2 Å². The normalized spacial score (nSPS) is 19.8. The molecule has 2 fully saturated rings. The van der Waals surface area contributed by atoms with Crippen LogP contribution in [0, 0.1) is 0 Å². The van der Waals surface area contributed by atoms with Crippen molar-refractivity contribution < 1.29 is 9.47 Å². The average Bonchev–Trinajstić information content (AvgIpc) is 2.78. The second kappa shape index (κ2) is 10.8. The van der Waals surface area contributed by atoms with Crippen LogP contribution in [-0.4, -0.2) is 70.0 Å². The Labute approximate surface area is 176 Å². The highest BCUT2D eigenvalue weighted by molar-refractivity contribution is 5.79. The summed E-state index contributed by atoms with van der Waals surface area (Å²) in [7, 11) is 3.89. The number of ether oxygens (including phenoxy) is 2. The van der Waals surface area contributed by atoms with E-state index in [4.69, 9.17) is 14.5 Å². The van der Waals surface area contributed by atoms with Crippen LogP contribution in [0.4, 0.5) is 5.69 Å². The molecule has 0 bridgehead atoms. The summed E-state index contributed by atoms with van der Waals surface area (Å²) in [6, 6.07) is 9.03. The first kappa shape index (κ1) is 21.9. The number of aliphatic imine (C=N–C) groups is 1. The summed E-state index contributed by atoms with van der Waals surface area (Å²) < 4.78 is 11.3. The molecule has 162 valence electrons. The average molecular weight is 403 g/mol. The number of methoxy groups -OCH3 is 1. The van der Waals surface area contributed by atoms with Crippen molar-refractivity contribution >= 4 is 11.6 Å². The summed E-state index contributed by atoms with van der Waals surface area (Å²) >= 11 is 0. The van der Waals surface area contributed by atoms with Gasteiger partial charge in [-0.1, -0.05) is 12.1 Å². The van der Waals surface area contributed by atoms with Gasteiger partial charge in [0.05, 0.1) is 12.1 Å². The minimum atomic E-state index is -0.199. The molecule has 6 nitrogen and oxygen atoms in total. The quantitative estimate of drug-likeness (QED) is 0.560. The van der Waals surface area contributed by atoms with Gasteiger partial charge in [-0.05, 0) is 43.9 Å². The van der Waals surface area contributed by atoms with Crippen molar-refractivity contribution in [3.63, 3.8) is 0 Å². The van der Waals surface area contributed by atoms with Crippen LogP contribution in [0.15, 0.2) is 29.3 Å². The number of rotatable bonds is 7. The lowest BCUT2D eigenvalue weighted by Crippen LogP contribution is -2.44. The number of piperidine rings is 1. The molecule has 29 heavy (non-hydrogen) atoms. The molecule has 3 rings (SSSR count). The summed E-state index contributed by atoms with van der Waals surface area (Å²) in [5.41, 5.74) is 2.44.